The first-order chi connectivity index (χ1) is 12.9. The van der Waals surface area contributed by atoms with E-state index >= 15 is 0 Å². The van der Waals surface area contributed by atoms with Gasteiger partial charge in [0.15, 0.2) is 0 Å². The molecule has 0 radical (unpaired) electrons. The Labute approximate surface area is 168 Å². The SMILES string of the molecule is C=CCC(CCCC(=C)C=C)CC1CC(C)C(N(C=C)/C(C)=C(\C)CN)C1. The van der Waals surface area contributed by atoms with Gasteiger partial charge in [0, 0.05) is 18.3 Å². The number of hydrogen-bond donors (Lipinski definition) is 1. The van der Waals surface area contributed by atoms with Crippen LogP contribution in [0.5, 0.6) is 0 Å². The van der Waals surface area contributed by atoms with Gasteiger partial charge in [-0.2, -0.15) is 0 Å². The lowest BCUT2D eigenvalue weighted by molar-refractivity contribution is 0.279. The minimum Gasteiger partial charge on any atom is -0.349 e. The van der Waals surface area contributed by atoms with Gasteiger partial charge in [0.1, 0.15) is 0 Å². The zero-order valence-electron chi connectivity index (χ0n) is 18.1. The molecule has 4 atom stereocenters. The summed E-state index contributed by atoms with van der Waals surface area (Å²) in [5, 5.41) is 0. The minimum absolute atomic E-state index is 0.541. The van der Waals surface area contributed by atoms with Gasteiger partial charge in [-0.1, -0.05) is 44.4 Å². The van der Waals surface area contributed by atoms with Crippen molar-refractivity contribution in [3.63, 3.8) is 0 Å². The van der Waals surface area contributed by atoms with Gasteiger partial charge in [-0.3, -0.25) is 0 Å². The summed E-state index contributed by atoms with van der Waals surface area (Å²) in [4.78, 5) is 2.38. The zero-order chi connectivity index (χ0) is 20.4. The fourth-order valence-corrected chi connectivity index (χ4v) is 4.58. The molecule has 0 bridgehead atoms. The Morgan fingerprint density at radius 3 is 2.48 bits per heavy atom. The predicted octanol–water partition coefficient (Wildman–Crippen LogP) is 6.59. The van der Waals surface area contributed by atoms with Crippen molar-refractivity contribution in [3.05, 3.63) is 61.5 Å². The lowest BCUT2D eigenvalue weighted by Gasteiger charge is -2.32. The molecule has 0 aromatic carbocycles. The van der Waals surface area contributed by atoms with Crippen molar-refractivity contribution in [1.82, 2.24) is 4.90 Å². The van der Waals surface area contributed by atoms with Crippen LogP contribution in [0.25, 0.3) is 0 Å². The van der Waals surface area contributed by atoms with Crippen molar-refractivity contribution in [2.24, 2.45) is 23.5 Å². The highest BCUT2D eigenvalue weighted by atomic mass is 15.2. The number of nitrogens with zero attached hydrogens (tertiary/aromatic N) is 1. The molecule has 0 saturated heterocycles. The van der Waals surface area contributed by atoms with Gasteiger partial charge in [0.2, 0.25) is 0 Å². The molecule has 27 heavy (non-hydrogen) atoms. The third-order valence-corrected chi connectivity index (χ3v) is 6.37. The van der Waals surface area contributed by atoms with Crippen LogP contribution in [0.4, 0.5) is 0 Å². The van der Waals surface area contributed by atoms with E-state index in [0.29, 0.717) is 18.5 Å². The van der Waals surface area contributed by atoms with Crippen LogP contribution in [0.2, 0.25) is 0 Å². The van der Waals surface area contributed by atoms with Crippen molar-refractivity contribution in [2.45, 2.75) is 71.8 Å². The van der Waals surface area contributed by atoms with Crippen LogP contribution < -0.4 is 5.73 Å². The molecule has 0 aliphatic heterocycles. The standard InChI is InChI=1S/C25H42N2/c1-8-12-23(14-11-13-19(4)9-2)16-24-15-20(5)25(17-24)27(10-3)22(7)21(6)18-26/h8-10,20,23-25H,1-4,11-18,26H2,5-7H3/b22-21+. The maximum absolute atomic E-state index is 5.86. The summed E-state index contributed by atoms with van der Waals surface area (Å²) in [5.74, 6) is 2.19. The molecule has 0 amide bonds. The molecule has 152 valence electrons. The van der Waals surface area contributed by atoms with E-state index in [9.17, 15) is 0 Å². The Hall–Kier alpha value is -1.54. The predicted molar refractivity (Wildman–Crippen MR) is 121 cm³/mol. The van der Waals surface area contributed by atoms with Crippen LogP contribution in [0, 0.1) is 17.8 Å². The third-order valence-electron chi connectivity index (χ3n) is 6.37. The molecule has 4 unspecified atom stereocenters. The van der Waals surface area contributed by atoms with E-state index in [1.54, 1.807) is 0 Å². The molecule has 0 spiro atoms. The van der Waals surface area contributed by atoms with Gasteiger partial charge in [-0.25, -0.2) is 0 Å². The van der Waals surface area contributed by atoms with Crippen molar-refractivity contribution in [2.75, 3.05) is 6.54 Å². The average molecular weight is 371 g/mol. The second-order valence-corrected chi connectivity index (χ2v) is 8.42. The van der Waals surface area contributed by atoms with Gasteiger partial charge in [0.25, 0.3) is 0 Å². The molecule has 2 N–H and O–H groups in total. The van der Waals surface area contributed by atoms with E-state index in [4.69, 9.17) is 5.73 Å². The quantitative estimate of drug-likeness (QED) is 0.292. The third kappa shape index (κ3) is 7.18. The second kappa shape index (κ2) is 12.0. The number of nitrogens with two attached hydrogens (primary N) is 1. The Kier molecular flexibility index (Phi) is 10.5. The monoisotopic (exact) mass is 370 g/mol. The fourth-order valence-electron chi connectivity index (χ4n) is 4.58. The van der Waals surface area contributed by atoms with Crippen LogP contribution in [-0.4, -0.2) is 17.5 Å². The van der Waals surface area contributed by atoms with Crippen LogP contribution in [0.3, 0.4) is 0 Å². The maximum atomic E-state index is 5.86. The van der Waals surface area contributed by atoms with Gasteiger partial charge in [-0.05, 0) is 88.3 Å². The Morgan fingerprint density at radius 1 is 1.22 bits per heavy atom. The highest BCUT2D eigenvalue weighted by molar-refractivity contribution is 5.14. The second-order valence-electron chi connectivity index (χ2n) is 8.42. The van der Waals surface area contributed by atoms with Crippen LogP contribution in [0.1, 0.15) is 65.7 Å². The van der Waals surface area contributed by atoms with E-state index in [2.05, 4.69) is 58.1 Å². The van der Waals surface area contributed by atoms with E-state index < -0.39 is 0 Å². The molecule has 0 aromatic heterocycles. The highest BCUT2D eigenvalue weighted by Crippen LogP contribution is 2.40. The van der Waals surface area contributed by atoms with Gasteiger partial charge < -0.3 is 10.6 Å². The Balaban J connectivity index is 2.70. The van der Waals surface area contributed by atoms with E-state index in [-0.39, 0.29) is 0 Å². The Morgan fingerprint density at radius 2 is 1.93 bits per heavy atom. The van der Waals surface area contributed by atoms with Crippen LogP contribution in [0.15, 0.2) is 61.5 Å². The van der Waals surface area contributed by atoms with Gasteiger partial charge >= 0.3 is 0 Å². The Bertz CT molecular complexity index is 543. The van der Waals surface area contributed by atoms with E-state index in [1.807, 2.05) is 12.3 Å². The molecule has 0 aromatic rings. The zero-order valence-corrected chi connectivity index (χ0v) is 18.1. The molecule has 1 aliphatic rings. The largest absolute Gasteiger partial charge is 0.349 e. The van der Waals surface area contributed by atoms with Crippen LogP contribution >= 0.6 is 0 Å². The lowest BCUT2D eigenvalue weighted by atomic mass is 9.86. The smallest absolute Gasteiger partial charge is 0.0361 e. The van der Waals surface area contributed by atoms with E-state index in [0.717, 1.165) is 30.3 Å². The minimum atomic E-state index is 0.541. The van der Waals surface area contributed by atoms with Crippen molar-refractivity contribution < 1.29 is 0 Å². The number of allylic oxidation sites excluding steroid dienone is 4. The highest BCUT2D eigenvalue weighted by Gasteiger charge is 2.35. The van der Waals surface area contributed by atoms with Gasteiger partial charge in [-0.15, -0.1) is 6.58 Å². The first kappa shape index (κ1) is 23.5. The molecule has 2 nitrogen and oxygen atoms in total. The molecule has 1 fully saturated rings. The first-order valence-corrected chi connectivity index (χ1v) is 10.6. The first-order valence-electron chi connectivity index (χ1n) is 10.6. The summed E-state index contributed by atoms with van der Waals surface area (Å²) < 4.78 is 0. The molecular formula is C25H42N2. The summed E-state index contributed by atoms with van der Waals surface area (Å²) in [5.41, 5.74) is 9.54. The van der Waals surface area contributed by atoms with Gasteiger partial charge in [0.05, 0.1) is 0 Å². The number of rotatable bonds is 13. The molecule has 1 saturated carbocycles. The normalized spacial score (nSPS) is 24.1. The molecular weight excluding hydrogens is 328 g/mol. The summed E-state index contributed by atoms with van der Waals surface area (Å²) in [6.07, 6.45) is 14.5. The van der Waals surface area contributed by atoms with E-state index in [1.165, 1.54) is 43.4 Å². The lowest BCUT2D eigenvalue weighted by Crippen LogP contribution is -2.32. The van der Waals surface area contributed by atoms with Crippen LogP contribution in [-0.2, 0) is 0 Å². The topological polar surface area (TPSA) is 29.3 Å². The summed E-state index contributed by atoms with van der Waals surface area (Å²) in [6, 6.07) is 0.541. The average Bonchev–Trinajstić information content (AvgIpc) is 3.01. The summed E-state index contributed by atoms with van der Waals surface area (Å²) in [7, 11) is 0. The van der Waals surface area contributed by atoms with Crippen molar-refractivity contribution in [1.29, 1.82) is 0 Å². The molecule has 0 heterocycles. The van der Waals surface area contributed by atoms with Crippen molar-refractivity contribution in [3.8, 4) is 0 Å². The summed E-state index contributed by atoms with van der Waals surface area (Å²) >= 11 is 0. The number of hydrogen-bond acceptors (Lipinski definition) is 2. The summed E-state index contributed by atoms with van der Waals surface area (Å²) in [6.45, 7) is 23.2. The maximum Gasteiger partial charge on any atom is 0.0361 e. The van der Waals surface area contributed by atoms with Crippen molar-refractivity contribution >= 4 is 0 Å². The molecule has 1 aliphatic carbocycles. The fraction of sp³-hybridized carbons (Fsp3) is 0.600. The molecule has 1 rings (SSSR count). The molecule has 2 heteroatoms.